The highest BCUT2D eigenvalue weighted by Crippen LogP contribution is 1.97. The summed E-state index contributed by atoms with van der Waals surface area (Å²) >= 11 is 0. The van der Waals surface area contributed by atoms with Gasteiger partial charge in [-0.15, -0.1) is 0 Å². The van der Waals surface area contributed by atoms with Gasteiger partial charge in [-0.05, 0) is 26.0 Å². The van der Waals surface area contributed by atoms with E-state index < -0.39 is 24.4 Å². The summed E-state index contributed by atoms with van der Waals surface area (Å²) in [4.78, 5) is 34.1. The zero-order chi connectivity index (χ0) is 14.3. The summed E-state index contributed by atoms with van der Waals surface area (Å²) < 4.78 is 4.67. The zero-order valence-corrected chi connectivity index (χ0v) is 10.8. The maximum Gasteiger partial charge on any atom is 0.331 e. The summed E-state index contributed by atoms with van der Waals surface area (Å²) in [7, 11) is 0. The minimum atomic E-state index is -0.663. The van der Waals surface area contributed by atoms with E-state index in [2.05, 4.69) is 10.1 Å². The van der Waals surface area contributed by atoms with Crippen LogP contribution in [0.15, 0.2) is 42.0 Å². The van der Waals surface area contributed by atoms with Crippen LogP contribution >= 0.6 is 0 Å². The molecule has 0 heterocycles. The second-order valence-corrected chi connectivity index (χ2v) is 4.07. The largest absolute Gasteiger partial charge is 0.452 e. The fourth-order valence-corrected chi connectivity index (χ4v) is 1.24. The number of amides is 2. The summed E-state index contributed by atoms with van der Waals surface area (Å²) in [5, 5.41) is 2.13. The monoisotopic (exact) mass is 261 g/mol. The number of imide groups is 1. The third-order valence-corrected chi connectivity index (χ3v) is 2.04. The number of nitrogens with one attached hydrogen (secondary N) is 1. The third kappa shape index (κ3) is 5.63. The number of ether oxygens (including phenoxy) is 1. The molecule has 0 radical (unpaired) electrons. The lowest BCUT2D eigenvalue weighted by molar-refractivity contribution is -0.143. The van der Waals surface area contributed by atoms with Crippen LogP contribution in [0.4, 0.5) is 0 Å². The highest BCUT2D eigenvalue weighted by Gasteiger charge is 2.11. The van der Waals surface area contributed by atoms with Gasteiger partial charge >= 0.3 is 5.97 Å². The van der Waals surface area contributed by atoms with Crippen LogP contribution < -0.4 is 5.32 Å². The molecule has 5 nitrogen and oxygen atoms in total. The third-order valence-electron chi connectivity index (χ3n) is 2.04. The first-order valence-electron chi connectivity index (χ1n) is 5.70. The highest BCUT2D eigenvalue weighted by molar-refractivity contribution is 6.05. The van der Waals surface area contributed by atoms with E-state index in [0.717, 1.165) is 5.57 Å². The van der Waals surface area contributed by atoms with Gasteiger partial charge in [-0.25, -0.2) is 4.79 Å². The fourth-order valence-electron chi connectivity index (χ4n) is 1.24. The van der Waals surface area contributed by atoms with Crippen molar-refractivity contribution in [1.82, 2.24) is 5.32 Å². The fraction of sp³-hybridized carbons (Fsp3) is 0.214. The van der Waals surface area contributed by atoms with Crippen molar-refractivity contribution in [3.8, 4) is 0 Å². The molecule has 2 amide bonds. The van der Waals surface area contributed by atoms with Gasteiger partial charge < -0.3 is 4.74 Å². The molecule has 1 aromatic rings. The lowest BCUT2D eigenvalue weighted by Gasteiger charge is -2.04. The van der Waals surface area contributed by atoms with E-state index in [1.54, 1.807) is 44.2 Å². The lowest BCUT2D eigenvalue weighted by Crippen LogP contribution is -2.34. The van der Waals surface area contributed by atoms with Gasteiger partial charge in [-0.1, -0.05) is 23.8 Å². The van der Waals surface area contributed by atoms with Crippen molar-refractivity contribution < 1.29 is 19.1 Å². The van der Waals surface area contributed by atoms with Crippen molar-refractivity contribution in [2.45, 2.75) is 13.8 Å². The Morgan fingerprint density at radius 1 is 1.16 bits per heavy atom. The average molecular weight is 261 g/mol. The zero-order valence-electron chi connectivity index (χ0n) is 10.8. The number of esters is 1. The Bertz CT molecular complexity index is 501. The van der Waals surface area contributed by atoms with Crippen LogP contribution in [0.5, 0.6) is 0 Å². The average Bonchev–Trinajstić information content (AvgIpc) is 2.36. The molecule has 0 spiro atoms. The molecule has 0 saturated heterocycles. The lowest BCUT2D eigenvalue weighted by atomic mass is 10.2. The van der Waals surface area contributed by atoms with E-state index in [1.165, 1.54) is 6.08 Å². The van der Waals surface area contributed by atoms with Crippen molar-refractivity contribution in [1.29, 1.82) is 0 Å². The van der Waals surface area contributed by atoms with E-state index in [1.807, 2.05) is 0 Å². The van der Waals surface area contributed by atoms with Gasteiger partial charge in [0.1, 0.15) is 0 Å². The Morgan fingerprint density at radius 3 is 2.37 bits per heavy atom. The second kappa shape index (κ2) is 7.10. The van der Waals surface area contributed by atoms with E-state index in [9.17, 15) is 14.4 Å². The molecule has 0 aliphatic heterocycles. The molecule has 0 aliphatic rings. The van der Waals surface area contributed by atoms with Crippen LogP contribution in [0, 0.1) is 0 Å². The second-order valence-electron chi connectivity index (χ2n) is 4.07. The normalized spacial score (nSPS) is 9.37. The van der Waals surface area contributed by atoms with E-state index in [-0.39, 0.29) is 0 Å². The minimum Gasteiger partial charge on any atom is -0.452 e. The van der Waals surface area contributed by atoms with E-state index >= 15 is 0 Å². The van der Waals surface area contributed by atoms with Crippen molar-refractivity contribution in [3.63, 3.8) is 0 Å². The maximum absolute atomic E-state index is 11.6. The summed E-state index contributed by atoms with van der Waals surface area (Å²) in [5.74, 6) is -1.80. The molecule has 1 N–H and O–H groups in total. The van der Waals surface area contributed by atoms with Crippen LogP contribution in [0.1, 0.15) is 24.2 Å². The topological polar surface area (TPSA) is 72.5 Å². The number of carbonyl (C=O) groups excluding carboxylic acids is 3. The van der Waals surface area contributed by atoms with Crippen LogP contribution in [0.3, 0.4) is 0 Å². The van der Waals surface area contributed by atoms with E-state index in [4.69, 9.17) is 0 Å². The van der Waals surface area contributed by atoms with Gasteiger partial charge in [-0.2, -0.15) is 0 Å². The summed E-state index contributed by atoms with van der Waals surface area (Å²) in [6, 6.07) is 8.30. The first kappa shape index (κ1) is 14.6. The molecule has 0 saturated carbocycles. The molecule has 0 fully saturated rings. The Balaban J connectivity index is 2.42. The first-order valence-corrected chi connectivity index (χ1v) is 5.70. The van der Waals surface area contributed by atoms with Gasteiger partial charge in [0.25, 0.3) is 11.8 Å². The molecule has 100 valence electrons. The molecule has 0 unspecified atom stereocenters. The van der Waals surface area contributed by atoms with E-state index in [0.29, 0.717) is 5.56 Å². The molecule has 1 rings (SSSR count). The van der Waals surface area contributed by atoms with Crippen molar-refractivity contribution in [2.75, 3.05) is 6.61 Å². The molecule has 0 bridgehead atoms. The molecular weight excluding hydrogens is 246 g/mol. The molecule has 0 aliphatic carbocycles. The Morgan fingerprint density at radius 2 is 1.79 bits per heavy atom. The molecule has 0 aromatic heterocycles. The van der Waals surface area contributed by atoms with Gasteiger partial charge in [0, 0.05) is 11.6 Å². The van der Waals surface area contributed by atoms with Crippen LogP contribution in [-0.2, 0) is 14.3 Å². The number of allylic oxidation sites excluding steroid dienone is 1. The van der Waals surface area contributed by atoms with Crippen LogP contribution in [-0.4, -0.2) is 24.4 Å². The van der Waals surface area contributed by atoms with Crippen molar-refractivity contribution in [2.24, 2.45) is 0 Å². The van der Waals surface area contributed by atoms with Gasteiger partial charge in [-0.3, -0.25) is 14.9 Å². The number of carbonyl (C=O) groups is 3. The first-order chi connectivity index (χ1) is 8.99. The smallest absolute Gasteiger partial charge is 0.331 e. The SMILES string of the molecule is CC(C)=CC(=O)OCC(=O)NC(=O)c1ccccc1. The summed E-state index contributed by atoms with van der Waals surface area (Å²) in [6.07, 6.45) is 1.27. The Hall–Kier alpha value is -2.43. The Kier molecular flexibility index (Phi) is 5.47. The summed E-state index contributed by atoms with van der Waals surface area (Å²) in [5.41, 5.74) is 1.14. The molecule has 0 atom stereocenters. The minimum absolute atomic E-state index is 0.367. The standard InChI is InChI=1S/C14H15NO4/c1-10(2)8-13(17)19-9-12(16)15-14(18)11-6-4-3-5-7-11/h3-8H,9H2,1-2H3,(H,15,16,18). The van der Waals surface area contributed by atoms with Crippen molar-refractivity contribution >= 4 is 17.8 Å². The van der Waals surface area contributed by atoms with Crippen molar-refractivity contribution in [3.05, 3.63) is 47.5 Å². The van der Waals surface area contributed by atoms with Gasteiger partial charge in [0.15, 0.2) is 6.61 Å². The van der Waals surface area contributed by atoms with Gasteiger partial charge in [0.05, 0.1) is 0 Å². The quantitative estimate of drug-likeness (QED) is 0.657. The van der Waals surface area contributed by atoms with Crippen LogP contribution in [0.25, 0.3) is 0 Å². The molecule has 1 aromatic carbocycles. The number of rotatable bonds is 4. The molecular formula is C14H15NO4. The van der Waals surface area contributed by atoms with Gasteiger partial charge in [0.2, 0.25) is 0 Å². The number of benzene rings is 1. The Labute approximate surface area is 111 Å². The predicted octanol–water partition coefficient (Wildman–Crippen LogP) is 1.45. The molecule has 19 heavy (non-hydrogen) atoms. The maximum atomic E-state index is 11.6. The predicted molar refractivity (Wildman–Crippen MR) is 69.3 cm³/mol. The van der Waals surface area contributed by atoms with Crippen LogP contribution in [0.2, 0.25) is 0 Å². The number of hydrogen-bond acceptors (Lipinski definition) is 4. The highest BCUT2D eigenvalue weighted by atomic mass is 16.5. The summed E-state index contributed by atoms with van der Waals surface area (Å²) in [6.45, 7) is 2.99. The molecule has 5 heteroatoms. The number of hydrogen-bond donors (Lipinski definition) is 1.